The Morgan fingerprint density at radius 2 is 1.06 bits per heavy atom. The number of hydrogen-bond acceptors (Lipinski definition) is 5. The van der Waals surface area contributed by atoms with Crippen LogP contribution >= 0.6 is 0 Å². The molecule has 0 amide bonds. The van der Waals surface area contributed by atoms with Gasteiger partial charge in [0.1, 0.15) is 22.8 Å². The Morgan fingerprint density at radius 1 is 0.639 bits per heavy atom. The summed E-state index contributed by atoms with van der Waals surface area (Å²) in [5.74, 6) is 1.68. The molecule has 5 nitrogen and oxygen atoms in total. The van der Waals surface area contributed by atoms with Crippen molar-refractivity contribution in [1.29, 1.82) is 0 Å². The first-order chi connectivity index (χ1) is 16.8. The molecule has 5 heteroatoms. The Hall–Kier alpha value is -3.02. The summed E-state index contributed by atoms with van der Waals surface area (Å²) < 4.78 is 17.3. The molecule has 1 atom stereocenters. The highest BCUT2D eigenvalue weighted by molar-refractivity contribution is 5.56. The van der Waals surface area contributed by atoms with Crippen molar-refractivity contribution in [1.82, 2.24) is 0 Å². The van der Waals surface area contributed by atoms with Crippen LogP contribution in [0, 0.1) is 0 Å². The summed E-state index contributed by atoms with van der Waals surface area (Å²) in [7, 11) is 4.81. The van der Waals surface area contributed by atoms with Gasteiger partial charge in [-0.25, -0.2) is 0 Å². The van der Waals surface area contributed by atoms with Crippen molar-refractivity contribution in [3.8, 4) is 17.2 Å². The van der Waals surface area contributed by atoms with Gasteiger partial charge in [-0.1, -0.05) is 71.9 Å². The van der Waals surface area contributed by atoms with Crippen LogP contribution in [-0.2, 0) is 16.4 Å². The number of para-hydroxylation sites is 1. The van der Waals surface area contributed by atoms with Crippen molar-refractivity contribution in [3.63, 3.8) is 0 Å². The third-order valence-corrected chi connectivity index (χ3v) is 6.88. The third kappa shape index (κ3) is 5.09. The minimum atomic E-state index is -1.71. The van der Waals surface area contributed by atoms with Crippen LogP contribution in [0.15, 0.2) is 60.7 Å². The minimum absolute atomic E-state index is 0.159. The lowest BCUT2D eigenvalue weighted by atomic mass is 9.73. The fourth-order valence-corrected chi connectivity index (χ4v) is 4.57. The van der Waals surface area contributed by atoms with Gasteiger partial charge in [0.05, 0.1) is 27.4 Å². The Labute approximate surface area is 216 Å². The molecule has 0 saturated carbocycles. The van der Waals surface area contributed by atoms with Crippen LogP contribution in [0.3, 0.4) is 0 Å². The van der Waals surface area contributed by atoms with E-state index in [1.165, 1.54) is 0 Å². The van der Waals surface area contributed by atoms with E-state index < -0.39 is 11.6 Å². The second-order valence-corrected chi connectivity index (χ2v) is 11.3. The van der Waals surface area contributed by atoms with Gasteiger partial charge in [-0.3, -0.25) is 0 Å². The number of methoxy groups -OCH3 is 3. The number of benzene rings is 3. The predicted octanol–water partition coefficient (Wildman–Crippen LogP) is 6.24. The summed E-state index contributed by atoms with van der Waals surface area (Å²) in [5.41, 5.74) is 8.92. The molecule has 0 aliphatic heterocycles. The maximum atomic E-state index is 13.0. The maximum absolute atomic E-state index is 13.0. The average Bonchev–Trinajstić information content (AvgIpc) is 2.85. The first-order valence-electron chi connectivity index (χ1n) is 12.3. The molecule has 3 rings (SSSR count). The van der Waals surface area contributed by atoms with E-state index in [0.717, 1.165) is 11.1 Å². The van der Waals surface area contributed by atoms with Crippen molar-refractivity contribution in [2.45, 2.75) is 64.0 Å². The third-order valence-electron chi connectivity index (χ3n) is 6.88. The number of ether oxygens (including phenoxy) is 3. The number of nitrogens with two attached hydrogens (primary N) is 1. The van der Waals surface area contributed by atoms with Crippen LogP contribution in [-0.4, -0.2) is 26.4 Å². The van der Waals surface area contributed by atoms with E-state index in [1.807, 2.05) is 60.7 Å². The standard InChI is InChI=1S/C31H41NO4/c1-29(2,3)20-14-16-26(35-8)23(18-20)31(33,28(32)22-12-10-11-13-25(22)34-7)24-19-21(30(4,5)6)15-17-27(24)36-9/h10-19,28,33H,32H2,1-9H3. The van der Waals surface area contributed by atoms with E-state index in [0.29, 0.717) is 33.9 Å². The zero-order valence-electron chi connectivity index (χ0n) is 23.1. The molecule has 0 aliphatic carbocycles. The quantitative estimate of drug-likeness (QED) is 0.409. The van der Waals surface area contributed by atoms with Gasteiger partial charge in [-0.05, 0) is 52.3 Å². The van der Waals surface area contributed by atoms with Gasteiger partial charge < -0.3 is 25.1 Å². The molecular formula is C31H41NO4. The predicted molar refractivity (Wildman–Crippen MR) is 146 cm³/mol. The largest absolute Gasteiger partial charge is 0.496 e. The summed E-state index contributed by atoms with van der Waals surface area (Å²) in [6.45, 7) is 12.8. The fourth-order valence-electron chi connectivity index (χ4n) is 4.57. The Kier molecular flexibility index (Phi) is 7.77. The van der Waals surface area contributed by atoms with E-state index in [2.05, 4.69) is 41.5 Å². The number of rotatable bonds is 7. The first kappa shape index (κ1) is 27.6. The minimum Gasteiger partial charge on any atom is -0.496 e. The molecule has 194 valence electrons. The monoisotopic (exact) mass is 491 g/mol. The zero-order chi connectivity index (χ0) is 26.9. The second kappa shape index (κ2) is 10.2. The second-order valence-electron chi connectivity index (χ2n) is 11.3. The number of aliphatic hydroxyl groups is 1. The number of hydrogen-bond donors (Lipinski definition) is 2. The van der Waals surface area contributed by atoms with Crippen LogP contribution in [0.2, 0.25) is 0 Å². The van der Waals surface area contributed by atoms with E-state index in [-0.39, 0.29) is 10.8 Å². The summed E-state index contributed by atoms with van der Waals surface area (Å²) >= 11 is 0. The van der Waals surface area contributed by atoms with Gasteiger partial charge in [0.25, 0.3) is 0 Å². The molecule has 0 aromatic heterocycles. The molecule has 0 spiro atoms. The molecule has 0 fully saturated rings. The van der Waals surface area contributed by atoms with Gasteiger partial charge in [0.2, 0.25) is 0 Å². The van der Waals surface area contributed by atoms with Gasteiger partial charge in [0.15, 0.2) is 0 Å². The fraction of sp³-hybridized carbons (Fsp3) is 0.419. The van der Waals surface area contributed by atoms with Crippen LogP contribution < -0.4 is 19.9 Å². The van der Waals surface area contributed by atoms with E-state index in [9.17, 15) is 5.11 Å². The lowest BCUT2D eigenvalue weighted by Gasteiger charge is -2.39. The summed E-state index contributed by atoms with van der Waals surface area (Å²) in [6.07, 6.45) is 0. The van der Waals surface area contributed by atoms with Crippen molar-refractivity contribution >= 4 is 0 Å². The van der Waals surface area contributed by atoms with Gasteiger partial charge in [-0.2, -0.15) is 0 Å². The Bertz CT molecular complexity index is 1140. The van der Waals surface area contributed by atoms with Crippen LogP contribution in [0.1, 0.15) is 75.4 Å². The average molecular weight is 492 g/mol. The summed E-state index contributed by atoms with van der Waals surface area (Å²) in [5, 5.41) is 13.0. The summed E-state index contributed by atoms with van der Waals surface area (Å²) in [6, 6.07) is 18.5. The molecule has 3 N–H and O–H groups in total. The molecule has 0 radical (unpaired) electrons. The van der Waals surface area contributed by atoms with Gasteiger partial charge in [0, 0.05) is 16.7 Å². The highest BCUT2D eigenvalue weighted by atomic mass is 16.5. The van der Waals surface area contributed by atoms with Gasteiger partial charge in [-0.15, -0.1) is 0 Å². The smallest absolute Gasteiger partial charge is 0.141 e. The van der Waals surface area contributed by atoms with Crippen molar-refractivity contribution in [2.75, 3.05) is 21.3 Å². The molecule has 1 unspecified atom stereocenters. The Balaban J connectivity index is 2.48. The topological polar surface area (TPSA) is 73.9 Å². The van der Waals surface area contributed by atoms with Crippen molar-refractivity contribution < 1.29 is 19.3 Å². The molecule has 0 aliphatic rings. The normalized spacial score (nSPS) is 13.3. The van der Waals surface area contributed by atoms with E-state index >= 15 is 0 Å². The first-order valence-corrected chi connectivity index (χ1v) is 12.3. The highest BCUT2D eigenvalue weighted by Gasteiger charge is 2.45. The van der Waals surface area contributed by atoms with E-state index in [1.54, 1.807) is 21.3 Å². The molecule has 3 aromatic carbocycles. The SMILES string of the molecule is COc1ccccc1C(N)C(O)(c1cc(C(C)(C)C)ccc1OC)c1cc(C(C)(C)C)ccc1OC. The molecule has 0 bridgehead atoms. The molecule has 0 saturated heterocycles. The van der Waals surface area contributed by atoms with Crippen LogP contribution in [0.5, 0.6) is 17.2 Å². The lowest BCUT2D eigenvalue weighted by Crippen LogP contribution is -2.41. The summed E-state index contributed by atoms with van der Waals surface area (Å²) in [4.78, 5) is 0. The van der Waals surface area contributed by atoms with E-state index in [4.69, 9.17) is 19.9 Å². The van der Waals surface area contributed by atoms with Crippen LogP contribution in [0.4, 0.5) is 0 Å². The Morgan fingerprint density at radius 3 is 1.44 bits per heavy atom. The molecule has 3 aromatic rings. The maximum Gasteiger partial charge on any atom is 0.141 e. The zero-order valence-corrected chi connectivity index (χ0v) is 23.1. The van der Waals surface area contributed by atoms with Gasteiger partial charge >= 0.3 is 0 Å². The lowest BCUT2D eigenvalue weighted by molar-refractivity contribution is 0.0451. The molecular weight excluding hydrogens is 450 g/mol. The molecule has 36 heavy (non-hydrogen) atoms. The molecule has 0 heterocycles. The highest BCUT2D eigenvalue weighted by Crippen LogP contribution is 2.49. The van der Waals surface area contributed by atoms with Crippen LogP contribution in [0.25, 0.3) is 0 Å². The van der Waals surface area contributed by atoms with Crippen molar-refractivity contribution in [2.24, 2.45) is 5.73 Å². The van der Waals surface area contributed by atoms with Crippen molar-refractivity contribution in [3.05, 3.63) is 88.5 Å².